The standard InChI is InChI=1S/C16H23NO2S/c1-4-20(18,19)11-10-17-9-5-6-16(17)15-12-13(2)7-8-14(15)3/h4,7-8,12,16H,1,5-6,9-11H2,2-3H3. The van der Waals surface area contributed by atoms with Crippen LogP contribution < -0.4 is 0 Å². The highest BCUT2D eigenvalue weighted by Crippen LogP contribution is 2.33. The molecule has 1 atom stereocenters. The molecule has 3 nitrogen and oxygen atoms in total. The predicted octanol–water partition coefficient (Wildman–Crippen LogP) is 3.00. The highest BCUT2D eigenvalue weighted by molar-refractivity contribution is 7.94. The number of aryl methyl sites for hydroxylation is 2. The first-order valence-corrected chi connectivity index (χ1v) is 8.81. The first-order valence-electron chi connectivity index (χ1n) is 7.09. The van der Waals surface area contributed by atoms with Crippen molar-refractivity contribution < 1.29 is 8.42 Å². The summed E-state index contributed by atoms with van der Waals surface area (Å²) in [5.74, 6) is 0.165. The maximum Gasteiger partial charge on any atom is 0.172 e. The van der Waals surface area contributed by atoms with E-state index in [0.29, 0.717) is 12.6 Å². The van der Waals surface area contributed by atoms with Gasteiger partial charge in [0.2, 0.25) is 0 Å². The molecule has 0 aliphatic carbocycles. The quantitative estimate of drug-likeness (QED) is 0.837. The minimum Gasteiger partial charge on any atom is -0.295 e. The van der Waals surface area contributed by atoms with Crippen molar-refractivity contribution >= 4 is 9.84 Å². The van der Waals surface area contributed by atoms with Gasteiger partial charge < -0.3 is 0 Å². The summed E-state index contributed by atoms with van der Waals surface area (Å²) in [4.78, 5) is 2.29. The molecule has 1 aromatic rings. The Hall–Kier alpha value is -1.13. The average molecular weight is 293 g/mol. The first-order chi connectivity index (χ1) is 9.43. The molecule has 0 radical (unpaired) electrons. The monoisotopic (exact) mass is 293 g/mol. The predicted molar refractivity (Wildman–Crippen MR) is 83.4 cm³/mol. The highest BCUT2D eigenvalue weighted by atomic mass is 32.2. The topological polar surface area (TPSA) is 37.4 Å². The van der Waals surface area contributed by atoms with Crippen molar-refractivity contribution in [2.75, 3.05) is 18.8 Å². The summed E-state index contributed by atoms with van der Waals surface area (Å²) in [6.45, 7) is 9.17. The normalized spacial score (nSPS) is 20.2. The Balaban J connectivity index is 2.15. The number of benzene rings is 1. The molecule has 0 N–H and O–H groups in total. The second-order valence-electron chi connectivity index (χ2n) is 5.59. The summed E-state index contributed by atoms with van der Waals surface area (Å²) in [5, 5.41) is 1.07. The fraction of sp³-hybridized carbons (Fsp3) is 0.500. The lowest BCUT2D eigenvalue weighted by molar-refractivity contribution is 0.272. The molecule has 0 aromatic heterocycles. The zero-order valence-corrected chi connectivity index (χ0v) is 13.1. The molecule has 2 rings (SSSR count). The molecule has 4 heteroatoms. The molecule has 1 saturated heterocycles. The van der Waals surface area contributed by atoms with Gasteiger partial charge in [0.25, 0.3) is 0 Å². The zero-order valence-electron chi connectivity index (χ0n) is 12.3. The molecule has 20 heavy (non-hydrogen) atoms. The average Bonchev–Trinajstić information content (AvgIpc) is 2.87. The summed E-state index contributed by atoms with van der Waals surface area (Å²) >= 11 is 0. The molecule has 1 fully saturated rings. The Kier molecular flexibility index (Phi) is 4.66. The van der Waals surface area contributed by atoms with E-state index in [1.54, 1.807) is 0 Å². The van der Waals surface area contributed by atoms with Crippen LogP contribution in [0.2, 0.25) is 0 Å². The van der Waals surface area contributed by atoms with E-state index >= 15 is 0 Å². The maximum absolute atomic E-state index is 11.6. The number of likely N-dealkylation sites (tertiary alicyclic amines) is 1. The fourth-order valence-electron chi connectivity index (χ4n) is 2.89. The van der Waals surface area contributed by atoms with E-state index in [1.807, 2.05) is 0 Å². The van der Waals surface area contributed by atoms with Gasteiger partial charge in [-0.1, -0.05) is 30.3 Å². The summed E-state index contributed by atoms with van der Waals surface area (Å²) in [6, 6.07) is 6.87. The summed E-state index contributed by atoms with van der Waals surface area (Å²) in [6.07, 6.45) is 2.24. The smallest absolute Gasteiger partial charge is 0.172 e. The first kappa shape index (κ1) is 15.3. The zero-order chi connectivity index (χ0) is 14.8. The van der Waals surface area contributed by atoms with Crippen LogP contribution in [0.3, 0.4) is 0 Å². The van der Waals surface area contributed by atoms with Crippen molar-refractivity contribution in [2.45, 2.75) is 32.7 Å². The molecular formula is C16H23NO2S. The molecule has 1 unspecified atom stereocenters. The van der Waals surface area contributed by atoms with Gasteiger partial charge in [-0.3, -0.25) is 4.90 Å². The highest BCUT2D eigenvalue weighted by Gasteiger charge is 2.27. The van der Waals surface area contributed by atoms with Gasteiger partial charge in [-0.05, 0) is 44.4 Å². The SMILES string of the molecule is C=CS(=O)(=O)CCN1CCCC1c1cc(C)ccc1C. The van der Waals surface area contributed by atoms with E-state index in [-0.39, 0.29) is 5.75 Å². The largest absolute Gasteiger partial charge is 0.295 e. The molecule has 1 aliphatic heterocycles. The van der Waals surface area contributed by atoms with Gasteiger partial charge in [0.1, 0.15) is 0 Å². The molecule has 0 amide bonds. The van der Waals surface area contributed by atoms with E-state index in [4.69, 9.17) is 0 Å². The lowest BCUT2D eigenvalue weighted by atomic mass is 9.97. The van der Waals surface area contributed by atoms with Crippen LogP contribution in [0, 0.1) is 13.8 Å². The Labute approximate surface area is 122 Å². The van der Waals surface area contributed by atoms with Crippen LogP contribution in [0.25, 0.3) is 0 Å². The van der Waals surface area contributed by atoms with Crippen molar-refractivity contribution in [3.8, 4) is 0 Å². The lowest BCUT2D eigenvalue weighted by Crippen LogP contribution is -2.29. The molecular weight excluding hydrogens is 270 g/mol. The van der Waals surface area contributed by atoms with Gasteiger partial charge >= 0.3 is 0 Å². The van der Waals surface area contributed by atoms with Crippen LogP contribution in [0.1, 0.15) is 35.6 Å². The Morgan fingerprint density at radius 3 is 2.85 bits per heavy atom. The lowest BCUT2D eigenvalue weighted by Gasteiger charge is -2.26. The van der Waals surface area contributed by atoms with Gasteiger partial charge in [0, 0.05) is 18.0 Å². The van der Waals surface area contributed by atoms with E-state index in [9.17, 15) is 8.42 Å². The van der Waals surface area contributed by atoms with Crippen LogP contribution >= 0.6 is 0 Å². The van der Waals surface area contributed by atoms with E-state index < -0.39 is 9.84 Å². The maximum atomic E-state index is 11.6. The molecule has 0 spiro atoms. The number of sulfone groups is 1. The number of rotatable bonds is 5. The van der Waals surface area contributed by atoms with Crippen LogP contribution in [-0.4, -0.2) is 32.2 Å². The van der Waals surface area contributed by atoms with Crippen molar-refractivity contribution in [3.63, 3.8) is 0 Å². The Bertz CT molecular complexity index is 592. The second-order valence-corrected chi connectivity index (χ2v) is 7.65. The van der Waals surface area contributed by atoms with Crippen LogP contribution in [-0.2, 0) is 9.84 Å². The van der Waals surface area contributed by atoms with E-state index in [2.05, 4.69) is 43.5 Å². The number of hydrogen-bond acceptors (Lipinski definition) is 3. The summed E-state index contributed by atoms with van der Waals surface area (Å²) in [5.41, 5.74) is 3.90. The minimum atomic E-state index is -3.11. The van der Waals surface area contributed by atoms with E-state index in [1.165, 1.54) is 16.7 Å². The third-order valence-electron chi connectivity index (χ3n) is 4.07. The van der Waals surface area contributed by atoms with Crippen LogP contribution in [0.5, 0.6) is 0 Å². The van der Waals surface area contributed by atoms with Crippen molar-refractivity contribution in [3.05, 3.63) is 46.9 Å². The third-order valence-corrected chi connectivity index (χ3v) is 5.33. The minimum absolute atomic E-state index is 0.165. The number of nitrogens with zero attached hydrogens (tertiary/aromatic N) is 1. The van der Waals surface area contributed by atoms with Crippen molar-refractivity contribution in [1.82, 2.24) is 4.90 Å². The van der Waals surface area contributed by atoms with Gasteiger partial charge in [-0.2, -0.15) is 0 Å². The van der Waals surface area contributed by atoms with Gasteiger partial charge in [-0.25, -0.2) is 8.42 Å². The molecule has 0 saturated carbocycles. The van der Waals surface area contributed by atoms with Crippen molar-refractivity contribution in [1.29, 1.82) is 0 Å². The molecule has 1 heterocycles. The van der Waals surface area contributed by atoms with E-state index in [0.717, 1.165) is 24.8 Å². The Morgan fingerprint density at radius 1 is 1.40 bits per heavy atom. The summed E-state index contributed by atoms with van der Waals surface area (Å²) < 4.78 is 23.2. The molecule has 1 aromatic carbocycles. The van der Waals surface area contributed by atoms with Gasteiger partial charge in [0.15, 0.2) is 9.84 Å². The number of hydrogen-bond donors (Lipinski definition) is 0. The molecule has 110 valence electrons. The Morgan fingerprint density at radius 2 is 2.15 bits per heavy atom. The second kappa shape index (κ2) is 6.10. The molecule has 1 aliphatic rings. The third kappa shape index (κ3) is 3.49. The van der Waals surface area contributed by atoms with Gasteiger partial charge in [-0.15, -0.1) is 0 Å². The van der Waals surface area contributed by atoms with Crippen LogP contribution in [0.15, 0.2) is 30.2 Å². The van der Waals surface area contributed by atoms with Crippen molar-refractivity contribution in [2.24, 2.45) is 0 Å². The van der Waals surface area contributed by atoms with Gasteiger partial charge in [0.05, 0.1) is 5.75 Å². The summed E-state index contributed by atoms with van der Waals surface area (Å²) in [7, 11) is -3.11. The van der Waals surface area contributed by atoms with Crippen LogP contribution in [0.4, 0.5) is 0 Å². The molecule has 0 bridgehead atoms. The fourth-order valence-corrected chi connectivity index (χ4v) is 3.55.